The van der Waals surface area contributed by atoms with Crippen molar-refractivity contribution >= 4 is 10.9 Å². The highest BCUT2D eigenvalue weighted by atomic mass is 19.4. The first kappa shape index (κ1) is 18.7. The number of halogens is 4. The fraction of sp³-hybridized carbons (Fsp3) is 0.150. The van der Waals surface area contributed by atoms with Crippen molar-refractivity contribution in [3.8, 4) is 17.5 Å². The highest BCUT2D eigenvalue weighted by Crippen LogP contribution is 2.38. The largest absolute Gasteiger partial charge is 0.419 e. The van der Waals surface area contributed by atoms with Crippen LogP contribution in [0.2, 0.25) is 0 Å². The molecule has 0 atom stereocenters. The maximum absolute atomic E-state index is 13.5. The van der Waals surface area contributed by atoms with Crippen molar-refractivity contribution in [2.75, 3.05) is 0 Å². The Morgan fingerprint density at radius 2 is 1.83 bits per heavy atom. The average Bonchev–Trinajstić information content (AvgIpc) is 3.26. The zero-order valence-corrected chi connectivity index (χ0v) is 15.0. The van der Waals surface area contributed by atoms with E-state index in [4.69, 9.17) is 9.68 Å². The van der Waals surface area contributed by atoms with E-state index in [9.17, 15) is 17.6 Å². The number of fused-ring (bicyclic) bond motifs is 1. The Hall–Kier alpha value is -3.67. The number of hydrogen-bond acceptors (Lipinski definition) is 4. The molecular weight excluding hydrogens is 388 g/mol. The lowest BCUT2D eigenvalue weighted by molar-refractivity contribution is -0.136. The number of benzene rings is 2. The highest BCUT2D eigenvalue weighted by Gasteiger charge is 2.36. The van der Waals surface area contributed by atoms with Gasteiger partial charge in [-0.3, -0.25) is 0 Å². The Labute approximate surface area is 161 Å². The van der Waals surface area contributed by atoms with Crippen molar-refractivity contribution < 1.29 is 22.0 Å². The molecule has 0 aliphatic carbocycles. The molecule has 0 N–H and O–H groups in total. The summed E-state index contributed by atoms with van der Waals surface area (Å²) in [6, 6.07) is 11.1. The van der Waals surface area contributed by atoms with E-state index in [0.717, 1.165) is 6.07 Å². The lowest BCUT2D eigenvalue weighted by Gasteiger charge is -2.11. The summed E-state index contributed by atoms with van der Waals surface area (Å²) in [6.07, 6.45) is -4.66. The van der Waals surface area contributed by atoms with Crippen molar-refractivity contribution in [1.82, 2.24) is 14.8 Å². The second-order valence-electron chi connectivity index (χ2n) is 6.41. The van der Waals surface area contributed by atoms with Crippen LogP contribution in [0.25, 0.3) is 22.4 Å². The van der Waals surface area contributed by atoms with E-state index in [1.54, 1.807) is 17.6 Å². The fourth-order valence-corrected chi connectivity index (χ4v) is 3.24. The van der Waals surface area contributed by atoms with E-state index in [1.807, 2.05) is 0 Å². The quantitative estimate of drug-likeness (QED) is 0.450. The zero-order chi connectivity index (χ0) is 20.8. The molecule has 0 fully saturated rings. The van der Waals surface area contributed by atoms with Gasteiger partial charge in [-0.15, -0.1) is 10.2 Å². The molecule has 0 unspecified atom stereocenters. The third kappa shape index (κ3) is 3.33. The number of alkyl halides is 3. The lowest BCUT2D eigenvalue weighted by Crippen LogP contribution is -2.09. The summed E-state index contributed by atoms with van der Waals surface area (Å²) in [5.74, 6) is -0.0418. The minimum atomic E-state index is -4.66. The van der Waals surface area contributed by atoms with Crippen LogP contribution in [0.5, 0.6) is 0 Å². The summed E-state index contributed by atoms with van der Waals surface area (Å²) < 4.78 is 60.8. The molecule has 4 aromatic rings. The topological polar surface area (TPSA) is 67.6 Å². The van der Waals surface area contributed by atoms with Gasteiger partial charge >= 0.3 is 6.18 Å². The van der Waals surface area contributed by atoms with Crippen molar-refractivity contribution in [1.29, 1.82) is 5.26 Å². The molecule has 0 aliphatic heterocycles. The van der Waals surface area contributed by atoms with E-state index >= 15 is 0 Å². The number of hydrogen-bond donors (Lipinski definition) is 0. The monoisotopic (exact) mass is 400 g/mol. The van der Waals surface area contributed by atoms with Gasteiger partial charge in [0, 0.05) is 22.2 Å². The van der Waals surface area contributed by atoms with Gasteiger partial charge in [0.25, 0.3) is 0 Å². The molecule has 4 rings (SSSR count). The molecule has 2 heterocycles. The second kappa shape index (κ2) is 6.74. The van der Waals surface area contributed by atoms with Gasteiger partial charge in [0.05, 0.1) is 17.2 Å². The molecule has 9 heteroatoms. The first-order chi connectivity index (χ1) is 13.8. The molecule has 2 aromatic carbocycles. The van der Waals surface area contributed by atoms with Crippen LogP contribution in [0, 0.1) is 24.1 Å². The summed E-state index contributed by atoms with van der Waals surface area (Å²) in [4.78, 5) is 0. The minimum absolute atomic E-state index is 0.0483. The first-order valence-corrected chi connectivity index (χ1v) is 8.46. The van der Waals surface area contributed by atoms with Gasteiger partial charge in [-0.1, -0.05) is 0 Å². The maximum atomic E-state index is 13.5. The fourth-order valence-electron chi connectivity index (χ4n) is 3.24. The van der Waals surface area contributed by atoms with Crippen molar-refractivity contribution in [2.24, 2.45) is 0 Å². The Balaban J connectivity index is 1.75. The maximum Gasteiger partial charge on any atom is 0.418 e. The van der Waals surface area contributed by atoms with Crippen LogP contribution in [0.4, 0.5) is 17.6 Å². The van der Waals surface area contributed by atoms with Gasteiger partial charge in [-0.05, 0) is 49.4 Å². The second-order valence-corrected chi connectivity index (χ2v) is 6.41. The average molecular weight is 400 g/mol. The Morgan fingerprint density at radius 1 is 1.10 bits per heavy atom. The molecule has 0 amide bonds. The molecule has 0 bridgehead atoms. The van der Waals surface area contributed by atoms with Crippen LogP contribution < -0.4 is 0 Å². The van der Waals surface area contributed by atoms with E-state index in [0.29, 0.717) is 16.8 Å². The molecule has 29 heavy (non-hydrogen) atoms. The van der Waals surface area contributed by atoms with Gasteiger partial charge in [0.15, 0.2) is 0 Å². The van der Waals surface area contributed by atoms with Crippen molar-refractivity contribution in [3.63, 3.8) is 0 Å². The highest BCUT2D eigenvalue weighted by molar-refractivity contribution is 5.87. The van der Waals surface area contributed by atoms with Gasteiger partial charge < -0.3 is 8.98 Å². The molecule has 2 aromatic heterocycles. The molecular formula is C20H12F4N4O. The van der Waals surface area contributed by atoms with Crippen LogP contribution in [0.3, 0.4) is 0 Å². The van der Waals surface area contributed by atoms with Crippen LogP contribution in [0.15, 0.2) is 46.9 Å². The van der Waals surface area contributed by atoms with Crippen molar-refractivity contribution in [2.45, 2.75) is 19.6 Å². The molecule has 0 radical (unpaired) electrons. The summed E-state index contributed by atoms with van der Waals surface area (Å²) in [6.45, 7) is 1.70. The molecule has 0 aliphatic rings. The van der Waals surface area contributed by atoms with Crippen LogP contribution in [-0.2, 0) is 12.7 Å². The standard InChI is InChI=1S/C20H12F4N4O/c1-11-8-15-16(7-4-13(9-25)18(15)20(22,23)24)28(11)10-17-26-27-19(29-17)12-2-5-14(21)6-3-12/h2-8H,10H2,1H3. The first-order valence-electron chi connectivity index (χ1n) is 8.46. The van der Waals surface area contributed by atoms with Gasteiger partial charge in [0.2, 0.25) is 11.8 Å². The third-order valence-electron chi connectivity index (χ3n) is 4.55. The third-order valence-corrected chi connectivity index (χ3v) is 4.55. The van der Waals surface area contributed by atoms with E-state index in [2.05, 4.69) is 10.2 Å². The number of rotatable bonds is 3. The molecule has 0 spiro atoms. The zero-order valence-electron chi connectivity index (χ0n) is 15.0. The number of aryl methyl sites for hydroxylation is 1. The summed E-state index contributed by atoms with van der Waals surface area (Å²) in [5, 5.41) is 16.9. The van der Waals surface area contributed by atoms with Crippen molar-refractivity contribution in [3.05, 3.63) is 71.0 Å². The molecule has 0 saturated heterocycles. The number of aromatic nitrogens is 3. The Bertz CT molecular complexity index is 1250. The van der Waals surface area contributed by atoms with E-state index in [-0.39, 0.29) is 23.7 Å². The number of nitriles is 1. The lowest BCUT2D eigenvalue weighted by atomic mass is 10.0. The summed E-state index contributed by atoms with van der Waals surface area (Å²) >= 11 is 0. The Kier molecular flexibility index (Phi) is 4.34. The van der Waals surface area contributed by atoms with Gasteiger partial charge in [-0.2, -0.15) is 18.4 Å². The molecule has 0 saturated carbocycles. The Morgan fingerprint density at radius 3 is 2.48 bits per heavy atom. The van der Waals surface area contributed by atoms with E-state index in [1.165, 1.54) is 36.4 Å². The number of nitrogens with zero attached hydrogens (tertiary/aromatic N) is 4. The molecule has 146 valence electrons. The predicted octanol–water partition coefficient (Wildman–Crippen LogP) is 5.08. The van der Waals surface area contributed by atoms with Gasteiger partial charge in [0.1, 0.15) is 12.4 Å². The van der Waals surface area contributed by atoms with Crippen LogP contribution in [0.1, 0.15) is 22.7 Å². The summed E-state index contributed by atoms with van der Waals surface area (Å²) in [7, 11) is 0. The predicted molar refractivity (Wildman–Crippen MR) is 95.2 cm³/mol. The van der Waals surface area contributed by atoms with Crippen LogP contribution in [-0.4, -0.2) is 14.8 Å². The summed E-state index contributed by atoms with van der Waals surface area (Å²) in [5.41, 5.74) is -0.0230. The normalized spacial score (nSPS) is 11.7. The van der Waals surface area contributed by atoms with E-state index < -0.39 is 23.1 Å². The van der Waals surface area contributed by atoms with Crippen LogP contribution >= 0.6 is 0 Å². The van der Waals surface area contributed by atoms with Gasteiger partial charge in [-0.25, -0.2) is 4.39 Å². The smallest absolute Gasteiger partial charge is 0.418 e. The minimum Gasteiger partial charge on any atom is -0.419 e. The molecule has 5 nitrogen and oxygen atoms in total. The SMILES string of the molecule is Cc1cc2c(C(F)(F)F)c(C#N)ccc2n1Cc1nnc(-c2ccc(F)cc2)o1.